The first-order valence-corrected chi connectivity index (χ1v) is 8.49. The zero-order chi connectivity index (χ0) is 17.7. The van der Waals surface area contributed by atoms with Gasteiger partial charge in [-0.3, -0.25) is 4.40 Å². The minimum Gasteiger partial charge on any atom is -0.265 e. The van der Waals surface area contributed by atoms with Gasteiger partial charge in [0.1, 0.15) is 6.33 Å². The number of aryl methyl sites for hydroxylation is 1. The van der Waals surface area contributed by atoms with Gasteiger partial charge in [0.25, 0.3) is 0 Å². The average Bonchev–Trinajstić information content (AvgIpc) is 3.26. The fraction of sp³-hybridized carbons (Fsp3) is 0.0526. The monoisotopic (exact) mass is 360 g/mol. The highest BCUT2D eigenvalue weighted by Crippen LogP contribution is 2.24. The highest BCUT2D eigenvalue weighted by molar-refractivity contribution is 6.30. The molecule has 0 aliphatic heterocycles. The molecule has 0 atom stereocenters. The molecule has 0 saturated heterocycles. The summed E-state index contributed by atoms with van der Waals surface area (Å²) in [5.74, 6) is 0.761. The van der Waals surface area contributed by atoms with E-state index in [0.717, 1.165) is 33.8 Å². The van der Waals surface area contributed by atoms with Gasteiger partial charge in [-0.2, -0.15) is 5.10 Å². The van der Waals surface area contributed by atoms with Crippen molar-refractivity contribution < 1.29 is 0 Å². The Kier molecular flexibility index (Phi) is 3.26. The van der Waals surface area contributed by atoms with Crippen molar-refractivity contribution in [1.82, 2.24) is 29.4 Å². The van der Waals surface area contributed by atoms with Gasteiger partial charge in [-0.25, -0.2) is 9.67 Å². The summed E-state index contributed by atoms with van der Waals surface area (Å²) < 4.78 is 3.66. The van der Waals surface area contributed by atoms with Gasteiger partial charge < -0.3 is 0 Å². The second kappa shape index (κ2) is 5.64. The molecule has 5 aromatic rings. The summed E-state index contributed by atoms with van der Waals surface area (Å²) in [6, 6.07) is 15.6. The normalized spacial score (nSPS) is 11.5. The molecule has 0 radical (unpaired) electrons. The van der Waals surface area contributed by atoms with Crippen LogP contribution in [-0.4, -0.2) is 29.4 Å². The predicted molar refractivity (Wildman–Crippen MR) is 101 cm³/mol. The van der Waals surface area contributed by atoms with E-state index in [1.807, 2.05) is 40.8 Å². The fourth-order valence-corrected chi connectivity index (χ4v) is 3.20. The molecule has 0 amide bonds. The van der Waals surface area contributed by atoms with Crippen molar-refractivity contribution in [3.05, 3.63) is 71.6 Å². The molecule has 2 aromatic carbocycles. The van der Waals surface area contributed by atoms with Crippen LogP contribution in [0.4, 0.5) is 0 Å². The van der Waals surface area contributed by atoms with E-state index >= 15 is 0 Å². The summed E-state index contributed by atoms with van der Waals surface area (Å²) >= 11 is 5.97. The second-order valence-corrected chi connectivity index (χ2v) is 6.54. The van der Waals surface area contributed by atoms with Crippen LogP contribution >= 0.6 is 11.6 Å². The van der Waals surface area contributed by atoms with Crippen LogP contribution in [0.5, 0.6) is 0 Å². The number of hydrogen-bond donors (Lipinski definition) is 0. The molecule has 0 bridgehead atoms. The zero-order valence-electron chi connectivity index (χ0n) is 13.8. The minimum absolute atomic E-state index is 0.681. The number of fused-ring (bicyclic) bond motifs is 3. The molecule has 0 spiro atoms. The lowest BCUT2D eigenvalue weighted by molar-refractivity contribution is 0.893. The Morgan fingerprint density at radius 3 is 2.62 bits per heavy atom. The molecule has 5 rings (SSSR count). The molecular formula is C19H13ClN6. The second-order valence-electron chi connectivity index (χ2n) is 6.10. The smallest absolute Gasteiger partial charge is 0.175 e. The molecule has 0 saturated carbocycles. The molecule has 7 heteroatoms. The van der Waals surface area contributed by atoms with Crippen molar-refractivity contribution in [1.29, 1.82) is 0 Å². The minimum atomic E-state index is 0.681. The Morgan fingerprint density at radius 1 is 0.962 bits per heavy atom. The average molecular weight is 361 g/mol. The molecule has 0 unspecified atom stereocenters. The quantitative estimate of drug-likeness (QED) is 0.475. The number of halogens is 1. The first kappa shape index (κ1) is 15.0. The summed E-state index contributed by atoms with van der Waals surface area (Å²) in [7, 11) is 0. The number of hydrogen-bond acceptors (Lipinski definition) is 4. The van der Waals surface area contributed by atoms with Crippen LogP contribution in [0.25, 0.3) is 33.8 Å². The van der Waals surface area contributed by atoms with Gasteiger partial charge in [-0.05, 0) is 37.3 Å². The maximum atomic E-state index is 5.97. The first-order chi connectivity index (χ1) is 12.7. The molecule has 126 valence electrons. The van der Waals surface area contributed by atoms with Gasteiger partial charge in [-0.1, -0.05) is 35.4 Å². The van der Waals surface area contributed by atoms with Crippen molar-refractivity contribution in [2.75, 3.05) is 0 Å². The molecule has 6 nitrogen and oxygen atoms in total. The van der Waals surface area contributed by atoms with Crippen molar-refractivity contribution in [3.8, 4) is 17.1 Å². The summed E-state index contributed by atoms with van der Waals surface area (Å²) in [5, 5.41) is 14.7. The Labute approximate surface area is 153 Å². The highest BCUT2D eigenvalue weighted by Gasteiger charge is 2.15. The number of aromatic nitrogens is 6. The van der Waals surface area contributed by atoms with Gasteiger partial charge in [-0.15, -0.1) is 10.2 Å². The van der Waals surface area contributed by atoms with Gasteiger partial charge in [0, 0.05) is 10.6 Å². The van der Waals surface area contributed by atoms with Gasteiger partial charge >= 0.3 is 0 Å². The lowest BCUT2D eigenvalue weighted by atomic mass is 10.1. The lowest BCUT2D eigenvalue weighted by Crippen LogP contribution is -1.99. The van der Waals surface area contributed by atoms with Crippen LogP contribution in [0.15, 0.2) is 61.1 Å². The summed E-state index contributed by atoms with van der Waals surface area (Å²) in [6.07, 6.45) is 3.50. The summed E-state index contributed by atoms with van der Waals surface area (Å²) in [5.41, 5.74) is 4.52. The van der Waals surface area contributed by atoms with E-state index < -0.39 is 0 Å². The Morgan fingerprint density at radius 2 is 1.81 bits per heavy atom. The third-order valence-corrected chi connectivity index (χ3v) is 4.58. The molecule has 3 heterocycles. The number of rotatable bonds is 2. The zero-order valence-corrected chi connectivity index (χ0v) is 14.6. The van der Waals surface area contributed by atoms with Gasteiger partial charge in [0.15, 0.2) is 17.1 Å². The summed E-state index contributed by atoms with van der Waals surface area (Å²) in [4.78, 5) is 4.60. The Hall–Kier alpha value is -3.25. The van der Waals surface area contributed by atoms with Crippen LogP contribution in [0.1, 0.15) is 5.56 Å². The van der Waals surface area contributed by atoms with Crippen LogP contribution in [0, 0.1) is 6.92 Å². The van der Waals surface area contributed by atoms with Crippen molar-refractivity contribution >= 4 is 28.3 Å². The Bertz CT molecular complexity index is 1250. The van der Waals surface area contributed by atoms with E-state index in [9.17, 15) is 0 Å². The Balaban J connectivity index is 1.71. The summed E-state index contributed by atoms with van der Waals surface area (Å²) in [6.45, 7) is 2.05. The highest BCUT2D eigenvalue weighted by atomic mass is 35.5. The maximum Gasteiger partial charge on any atom is 0.175 e. The molecule has 26 heavy (non-hydrogen) atoms. The van der Waals surface area contributed by atoms with E-state index in [0.29, 0.717) is 5.02 Å². The molecule has 0 N–H and O–H groups in total. The van der Waals surface area contributed by atoms with Crippen LogP contribution in [0.2, 0.25) is 5.02 Å². The van der Waals surface area contributed by atoms with Gasteiger partial charge in [0.05, 0.1) is 17.3 Å². The van der Waals surface area contributed by atoms with E-state index in [-0.39, 0.29) is 0 Å². The molecule has 0 fully saturated rings. The maximum absolute atomic E-state index is 5.97. The third-order valence-electron chi connectivity index (χ3n) is 4.32. The topological polar surface area (TPSA) is 60.9 Å². The number of benzene rings is 2. The largest absolute Gasteiger partial charge is 0.265 e. The first-order valence-electron chi connectivity index (χ1n) is 8.11. The predicted octanol–water partition coefficient (Wildman–Crippen LogP) is 4.09. The van der Waals surface area contributed by atoms with Crippen LogP contribution < -0.4 is 0 Å². The molecule has 3 aromatic heterocycles. The third kappa shape index (κ3) is 2.27. The lowest BCUT2D eigenvalue weighted by Gasteiger charge is -2.04. The molecule has 0 aliphatic rings. The standard InChI is InChI=1S/C19H13ClN6/c1-12-3-2-4-13(9-12)17-23-24-19-16-10-22-26(18(16)21-11-25(17)19)15-7-5-14(20)6-8-15/h2-11H,1H3. The SMILES string of the molecule is Cc1cccc(-c2nnc3c4cnn(-c5ccc(Cl)cc5)c4ncn23)c1. The van der Waals surface area contributed by atoms with Gasteiger partial charge in [0.2, 0.25) is 0 Å². The van der Waals surface area contributed by atoms with E-state index in [2.05, 4.69) is 39.3 Å². The van der Waals surface area contributed by atoms with E-state index in [4.69, 9.17) is 11.6 Å². The van der Waals surface area contributed by atoms with E-state index in [1.54, 1.807) is 17.2 Å². The number of nitrogens with zero attached hydrogens (tertiary/aromatic N) is 6. The van der Waals surface area contributed by atoms with Crippen molar-refractivity contribution in [2.45, 2.75) is 6.92 Å². The van der Waals surface area contributed by atoms with Crippen LogP contribution in [0.3, 0.4) is 0 Å². The van der Waals surface area contributed by atoms with E-state index in [1.165, 1.54) is 5.56 Å². The molecule has 0 aliphatic carbocycles. The van der Waals surface area contributed by atoms with Crippen molar-refractivity contribution in [2.24, 2.45) is 0 Å². The van der Waals surface area contributed by atoms with Crippen molar-refractivity contribution in [3.63, 3.8) is 0 Å². The fourth-order valence-electron chi connectivity index (χ4n) is 3.07. The molecular weight excluding hydrogens is 348 g/mol. The van der Waals surface area contributed by atoms with Crippen LogP contribution in [-0.2, 0) is 0 Å².